The number of nitrogens with two attached hydrogens (primary N) is 1. The minimum absolute atomic E-state index is 0.236. The third-order valence-corrected chi connectivity index (χ3v) is 2.68. The zero-order valence-corrected chi connectivity index (χ0v) is 7.41. The van der Waals surface area contributed by atoms with Crippen LogP contribution in [0.3, 0.4) is 0 Å². The van der Waals surface area contributed by atoms with E-state index < -0.39 is 0 Å². The summed E-state index contributed by atoms with van der Waals surface area (Å²) in [4.78, 5) is 0. The molecule has 0 saturated heterocycles. The van der Waals surface area contributed by atoms with E-state index in [4.69, 9.17) is 5.73 Å². The molecule has 10 heavy (non-hydrogen) atoms. The lowest BCUT2D eigenvalue weighted by Gasteiger charge is -2.26. The van der Waals surface area contributed by atoms with Crippen molar-refractivity contribution in [3.8, 4) is 0 Å². The maximum absolute atomic E-state index is 6.01. The SMILES string of the molecule is CCC(C)(C)CC1(N)CC1. The Kier molecular flexibility index (Phi) is 1.80. The number of hydrogen-bond donors (Lipinski definition) is 1. The van der Waals surface area contributed by atoms with Crippen molar-refractivity contribution in [2.45, 2.75) is 52.0 Å². The molecule has 0 atom stereocenters. The molecule has 1 fully saturated rings. The van der Waals surface area contributed by atoms with Crippen molar-refractivity contribution < 1.29 is 0 Å². The molecule has 0 amide bonds. The lowest BCUT2D eigenvalue weighted by Crippen LogP contribution is -2.29. The van der Waals surface area contributed by atoms with Crippen LogP contribution >= 0.6 is 0 Å². The summed E-state index contributed by atoms with van der Waals surface area (Å²) in [5.74, 6) is 0. The average molecular weight is 141 g/mol. The maximum Gasteiger partial charge on any atom is 0.0160 e. The van der Waals surface area contributed by atoms with Gasteiger partial charge in [-0.15, -0.1) is 0 Å². The highest BCUT2D eigenvalue weighted by atomic mass is 14.8. The standard InChI is InChI=1S/C9H19N/c1-4-8(2,3)7-9(10)5-6-9/h4-7,10H2,1-3H3. The second-order valence-corrected chi connectivity index (χ2v) is 4.56. The smallest absolute Gasteiger partial charge is 0.0160 e. The van der Waals surface area contributed by atoms with Gasteiger partial charge in [0.15, 0.2) is 0 Å². The lowest BCUT2D eigenvalue weighted by molar-refractivity contribution is 0.285. The van der Waals surface area contributed by atoms with E-state index in [2.05, 4.69) is 20.8 Å². The van der Waals surface area contributed by atoms with E-state index >= 15 is 0 Å². The average Bonchev–Trinajstić information content (AvgIpc) is 2.47. The van der Waals surface area contributed by atoms with Crippen molar-refractivity contribution >= 4 is 0 Å². The zero-order chi connectivity index (χ0) is 7.83. The van der Waals surface area contributed by atoms with E-state index in [9.17, 15) is 0 Å². The molecule has 0 aromatic heterocycles. The molecule has 0 aliphatic heterocycles. The summed E-state index contributed by atoms with van der Waals surface area (Å²) in [7, 11) is 0. The Bertz CT molecular complexity index is 123. The van der Waals surface area contributed by atoms with Crippen molar-refractivity contribution in [3.63, 3.8) is 0 Å². The molecule has 0 aromatic rings. The van der Waals surface area contributed by atoms with Gasteiger partial charge in [-0.2, -0.15) is 0 Å². The molecular weight excluding hydrogens is 122 g/mol. The van der Waals surface area contributed by atoms with Crippen molar-refractivity contribution in [1.82, 2.24) is 0 Å². The molecule has 1 saturated carbocycles. The largest absolute Gasteiger partial charge is 0.325 e. The highest BCUT2D eigenvalue weighted by Crippen LogP contribution is 2.43. The third-order valence-electron chi connectivity index (χ3n) is 2.68. The van der Waals surface area contributed by atoms with Crippen LogP contribution in [0.25, 0.3) is 0 Å². The van der Waals surface area contributed by atoms with Crippen LogP contribution in [0.15, 0.2) is 0 Å². The second kappa shape index (κ2) is 2.23. The molecule has 1 aliphatic carbocycles. The number of hydrogen-bond acceptors (Lipinski definition) is 1. The summed E-state index contributed by atoms with van der Waals surface area (Å²) in [5.41, 5.74) is 6.71. The van der Waals surface area contributed by atoms with Gasteiger partial charge in [0.05, 0.1) is 0 Å². The highest BCUT2D eigenvalue weighted by molar-refractivity contribution is 5.01. The van der Waals surface area contributed by atoms with Crippen molar-refractivity contribution in [2.75, 3.05) is 0 Å². The van der Waals surface area contributed by atoms with Crippen LogP contribution in [0.1, 0.15) is 46.5 Å². The fraction of sp³-hybridized carbons (Fsp3) is 1.00. The van der Waals surface area contributed by atoms with Gasteiger partial charge in [-0.05, 0) is 24.7 Å². The molecule has 1 heteroatoms. The van der Waals surface area contributed by atoms with Gasteiger partial charge < -0.3 is 5.73 Å². The van der Waals surface area contributed by atoms with Crippen LogP contribution < -0.4 is 5.73 Å². The number of rotatable bonds is 3. The summed E-state index contributed by atoms with van der Waals surface area (Å²) in [6.45, 7) is 6.85. The lowest BCUT2D eigenvalue weighted by atomic mass is 9.82. The Hall–Kier alpha value is -0.0400. The highest BCUT2D eigenvalue weighted by Gasteiger charge is 2.41. The zero-order valence-electron chi connectivity index (χ0n) is 7.41. The first-order valence-electron chi connectivity index (χ1n) is 4.26. The Morgan fingerprint density at radius 1 is 1.40 bits per heavy atom. The van der Waals surface area contributed by atoms with Gasteiger partial charge in [0.1, 0.15) is 0 Å². The first-order valence-corrected chi connectivity index (χ1v) is 4.26. The fourth-order valence-corrected chi connectivity index (χ4v) is 1.42. The van der Waals surface area contributed by atoms with Crippen molar-refractivity contribution in [1.29, 1.82) is 0 Å². The monoisotopic (exact) mass is 141 g/mol. The quantitative estimate of drug-likeness (QED) is 0.641. The van der Waals surface area contributed by atoms with Gasteiger partial charge in [0, 0.05) is 5.54 Å². The Labute approximate surface area is 64.0 Å². The van der Waals surface area contributed by atoms with E-state index in [0.717, 1.165) is 0 Å². The topological polar surface area (TPSA) is 26.0 Å². The molecule has 0 bridgehead atoms. The van der Waals surface area contributed by atoms with Gasteiger partial charge in [0.2, 0.25) is 0 Å². The van der Waals surface area contributed by atoms with Gasteiger partial charge in [-0.1, -0.05) is 27.2 Å². The second-order valence-electron chi connectivity index (χ2n) is 4.56. The van der Waals surface area contributed by atoms with Gasteiger partial charge in [-0.25, -0.2) is 0 Å². The molecule has 1 aliphatic rings. The first kappa shape index (κ1) is 8.06. The van der Waals surface area contributed by atoms with E-state index in [1.54, 1.807) is 0 Å². The van der Waals surface area contributed by atoms with Crippen LogP contribution in [-0.2, 0) is 0 Å². The molecule has 1 rings (SSSR count). The Morgan fingerprint density at radius 3 is 2.20 bits per heavy atom. The molecule has 0 aromatic carbocycles. The van der Waals surface area contributed by atoms with Crippen LogP contribution in [0.5, 0.6) is 0 Å². The Balaban J connectivity index is 2.36. The normalized spacial score (nSPS) is 22.8. The minimum Gasteiger partial charge on any atom is -0.325 e. The van der Waals surface area contributed by atoms with Crippen LogP contribution in [0, 0.1) is 5.41 Å². The van der Waals surface area contributed by atoms with E-state index in [1.165, 1.54) is 25.7 Å². The van der Waals surface area contributed by atoms with E-state index in [1.807, 2.05) is 0 Å². The molecule has 2 N–H and O–H groups in total. The molecule has 0 heterocycles. The third kappa shape index (κ3) is 1.98. The summed E-state index contributed by atoms with van der Waals surface area (Å²) < 4.78 is 0. The van der Waals surface area contributed by atoms with Gasteiger partial charge in [-0.3, -0.25) is 0 Å². The van der Waals surface area contributed by atoms with Crippen molar-refractivity contribution in [2.24, 2.45) is 11.1 Å². The molecule has 1 nitrogen and oxygen atoms in total. The fourth-order valence-electron chi connectivity index (χ4n) is 1.42. The van der Waals surface area contributed by atoms with Crippen molar-refractivity contribution in [3.05, 3.63) is 0 Å². The van der Waals surface area contributed by atoms with Gasteiger partial charge in [0.25, 0.3) is 0 Å². The summed E-state index contributed by atoms with van der Waals surface area (Å²) in [6, 6.07) is 0. The van der Waals surface area contributed by atoms with E-state index in [0.29, 0.717) is 5.41 Å². The molecule has 0 spiro atoms. The van der Waals surface area contributed by atoms with Crippen LogP contribution in [-0.4, -0.2) is 5.54 Å². The minimum atomic E-state index is 0.236. The Morgan fingerprint density at radius 2 is 1.90 bits per heavy atom. The molecule has 0 radical (unpaired) electrons. The summed E-state index contributed by atoms with van der Waals surface area (Å²) >= 11 is 0. The summed E-state index contributed by atoms with van der Waals surface area (Å²) in [5, 5.41) is 0. The molecule has 60 valence electrons. The molecular formula is C9H19N. The maximum atomic E-state index is 6.01. The predicted octanol–water partition coefficient (Wildman–Crippen LogP) is 2.30. The molecule has 0 unspecified atom stereocenters. The van der Waals surface area contributed by atoms with Crippen LogP contribution in [0.2, 0.25) is 0 Å². The first-order chi connectivity index (χ1) is 4.47. The predicted molar refractivity (Wildman–Crippen MR) is 44.8 cm³/mol. The summed E-state index contributed by atoms with van der Waals surface area (Å²) in [6.07, 6.45) is 4.94. The van der Waals surface area contributed by atoms with Crippen LogP contribution in [0.4, 0.5) is 0 Å². The van der Waals surface area contributed by atoms with E-state index in [-0.39, 0.29) is 5.54 Å². The van der Waals surface area contributed by atoms with Gasteiger partial charge >= 0.3 is 0 Å².